The van der Waals surface area contributed by atoms with E-state index in [9.17, 15) is 4.79 Å². The maximum absolute atomic E-state index is 12.9. The Bertz CT molecular complexity index is 1190. The SMILES string of the molecule is CCOC(=O)C1=C(C)Nc2nc(SCc3ccccc3Cl)nn2C1c1cccc(OCC)c1. The predicted molar refractivity (Wildman–Crippen MR) is 130 cm³/mol. The Morgan fingerprint density at radius 2 is 2.00 bits per heavy atom. The number of thioether (sulfide) groups is 1. The van der Waals surface area contributed by atoms with Gasteiger partial charge >= 0.3 is 5.97 Å². The number of hydrogen-bond acceptors (Lipinski definition) is 7. The zero-order valence-electron chi connectivity index (χ0n) is 18.7. The van der Waals surface area contributed by atoms with Crippen molar-refractivity contribution in [3.63, 3.8) is 0 Å². The summed E-state index contributed by atoms with van der Waals surface area (Å²) in [6.07, 6.45) is 0. The third-order valence-corrected chi connectivity index (χ3v) is 6.38. The predicted octanol–water partition coefficient (Wildman–Crippen LogP) is 5.47. The number of halogens is 1. The number of anilines is 1. The average molecular weight is 485 g/mol. The molecule has 2 aromatic carbocycles. The molecule has 1 N–H and O–H groups in total. The van der Waals surface area contributed by atoms with Crippen LogP contribution in [-0.4, -0.2) is 33.9 Å². The fourth-order valence-electron chi connectivity index (χ4n) is 3.67. The molecule has 7 nitrogen and oxygen atoms in total. The number of rotatable bonds is 8. The summed E-state index contributed by atoms with van der Waals surface area (Å²) >= 11 is 7.78. The van der Waals surface area contributed by atoms with Crippen LogP contribution in [0.1, 0.15) is 37.9 Å². The second-order valence-corrected chi connectivity index (χ2v) is 8.68. The van der Waals surface area contributed by atoms with Crippen molar-refractivity contribution >= 4 is 35.3 Å². The second-order valence-electron chi connectivity index (χ2n) is 7.33. The van der Waals surface area contributed by atoms with E-state index >= 15 is 0 Å². The van der Waals surface area contributed by atoms with Gasteiger partial charge in [0.25, 0.3) is 0 Å². The first-order valence-electron chi connectivity index (χ1n) is 10.7. The van der Waals surface area contributed by atoms with Gasteiger partial charge in [-0.05, 0) is 50.1 Å². The topological polar surface area (TPSA) is 78.3 Å². The molecule has 33 heavy (non-hydrogen) atoms. The van der Waals surface area contributed by atoms with Crippen molar-refractivity contribution in [2.75, 3.05) is 18.5 Å². The summed E-state index contributed by atoms with van der Waals surface area (Å²) < 4.78 is 12.8. The van der Waals surface area contributed by atoms with Crippen LogP contribution < -0.4 is 10.1 Å². The molecule has 1 atom stereocenters. The number of carbonyl (C=O) groups is 1. The fraction of sp³-hybridized carbons (Fsp3) is 0.292. The van der Waals surface area contributed by atoms with E-state index < -0.39 is 6.04 Å². The van der Waals surface area contributed by atoms with E-state index in [0.29, 0.717) is 39.8 Å². The molecular formula is C24H25ClN4O3S. The molecule has 0 aliphatic carbocycles. The number of hydrogen-bond donors (Lipinski definition) is 1. The third-order valence-electron chi connectivity index (χ3n) is 5.13. The summed E-state index contributed by atoms with van der Waals surface area (Å²) in [5.41, 5.74) is 3.04. The van der Waals surface area contributed by atoms with Crippen molar-refractivity contribution in [3.05, 3.63) is 76.0 Å². The van der Waals surface area contributed by atoms with Gasteiger partial charge in [0, 0.05) is 16.5 Å². The second kappa shape index (κ2) is 10.3. The van der Waals surface area contributed by atoms with Crippen LogP contribution in [0, 0.1) is 0 Å². The first kappa shape index (κ1) is 23.2. The van der Waals surface area contributed by atoms with Crippen LogP contribution in [0.5, 0.6) is 5.75 Å². The van der Waals surface area contributed by atoms with Gasteiger partial charge in [0.15, 0.2) is 0 Å². The number of benzene rings is 2. The highest BCUT2D eigenvalue weighted by molar-refractivity contribution is 7.98. The summed E-state index contributed by atoms with van der Waals surface area (Å²) in [6.45, 7) is 6.40. The molecule has 1 aliphatic rings. The van der Waals surface area contributed by atoms with Gasteiger partial charge in [-0.2, -0.15) is 4.98 Å². The Balaban J connectivity index is 1.71. The lowest BCUT2D eigenvalue weighted by Gasteiger charge is -2.28. The van der Waals surface area contributed by atoms with Crippen LogP contribution in [0.15, 0.2) is 65.0 Å². The van der Waals surface area contributed by atoms with Crippen molar-refractivity contribution < 1.29 is 14.3 Å². The quantitative estimate of drug-likeness (QED) is 0.335. The van der Waals surface area contributed by atoms with E-state index in [1.165, 1.54) is 11.8 Å². The molecule has 0 radical (unpaired) electrons. The van der Waals surface area contributed by atoms with Crippen molar-refractivity contribution in [1.29, 1.82) is 0 Å². The highest BCUT2D eigenvalue weighted by Gasteiger charge is 2.35. The lowest BCUT2D eigenvalue weighted by atomic mass is 9.95. The Kier molecular flexibility index (Phi) is 7.25. The van der Waals surface area contributed by atoms with Crippen molar-refractivity contribution in [1.82, 2.24) is 14.8 Å². The van der Waals surface area contributed by atoms with Crippen LogP contribution in [0.3, 0.4) is 0 Å². The van der Waals surface area contributed by atoms with Crippen LogP contribution in [0.25, 0.3) is 0 Å². The van der Waals surface area contributed by atoms with E-state index in [2.05, 4.69) is 10.3 Å². The van der Waals surface area contributed by atoms with Crippen LogP contribution in [0.4, 0.5) is 5.95 Å². The monoisotopic (exact) mass is 484 g/mol. The molecule has 0 spiro atoms. The molecular weight excluding hydrogens is 460 g/mol. The largest absolute Gasteiger partial charge is 0.494 e. The molecule has 1 aliphatic heterocycles. The number of nitrogens with zero attached hydrogens (tertiary/aromatic N) is 3. The van der Waals surface area contributed by atoms with Crippen molar-refractivity contribution in [3.8, 4) is 5.75 Å². The minimum absolute atomic E-state index is 0.282. The number of aromatic nitrogens is 3. The molecule has 0 fully saturated rings. The Morgan fingerprint density at radius 1 is 1.18 bits per heavy atom. The van der Waals surface area contributed by atoms with Gasteiger partial charge in [-0.3, -0.25) is 0 Å². The first-order chi connectivity index (χ1) is 16.0. The smallest absolute Gasteiger partial charge is 0.338 e. The minimum atomic E-state index is -0.497. The van der Waals surface area contributed by atoms with Crippen LogP contribution in [-0.2, 0) is 15.3 Å². The zero-order chi connectivity index (χ0) is 23.4. The number of carbonyl (C=O) groups excluding carboxylic acids is 1. The summed E-state index contributed by atoms with van der Waals surface area (Å²) in [5, 5.41) is 9.25. The van der Waals surface area contributed by atoms with Gasteiger partial charge in [-0.25, -0.2) is 9.48 Å². The standard InChI is InChI=1S/C24H25ClN4O3S/c1-4-31-18-11-8-10-16(13-18)21-20(22(30)32-5-2)15(3)26-23-27-24(28-29(21)23)33-14-17-9-6-7-12-19(17)25/h6-13,21H,4-5,14H2,1-3H3,(H,26,27,28). The molecule has 172 valence electrons. The number of esters is 1. The van der Waals surface area contributed by atoms with Crippen molar-refractivity contribution in [2.45, 2.75) is 37.7 Å². The molecule has 0 saturated heterocycles. The van der Waals surface area contributed by atoms with Gasteiger partial charge in [-0.15, -0.1) is 5.10 Å². The summed E-state index contributed by atoms with van der Waals surface area (Å²) in [5.74, 6) is 1.53. The normalized spacial score (nSPS) is 15.1. The van der Waals surface area contributed by atoms with E-state index in [-0.39, 0.29) is 12.6 Å². The van der Waals surface area contributed by atoms with Gasteiger partial charge in [0.2, 0.25) is 11.1 Å². The Labute approximate surface area is 202 Å². The molecule has 1 unspecified atom stereocenters. The molecule has 3 aromatic rings. The van der Waals surface area contributed by atoms with Gasteiger partial charge in [0.1, 0.15) is 11.8 Å². The van der Waals surface area contributed by atoms with E-state index in [1.54, 1.807) is 11.6 Å². The highest BCUT2D eigenvalue weighted by Crippen LogP contribution is 2.38. The van der Waals surface area contributed by atoms with Gasteiger partial charge in [-0.1, -0.05) is 53.7 Å². The van der Waals surface area contributed by atoms with Crippen LogP contribution in [0.2, 0.25) is 5.02 Å². The number of allylic oxidation sites excluding steroid dienone is 1. The third kappa shape index (κ3) is 5.02. The first-order valence-corrected chi connectivity index (χ1v) is 12.1. The maximum atomic E-state index is 12.9. The summed E-state index contributed by atoms with van der Waals surface area (Å²) in [4.78, 5) is 17.6. The molecule has 0 bridgehead atoms. The zero-order valence-corrected chi connectivity index (χ0v) is 20.2. The molecule has 0 saturated carbocycles. The van der Waals surface area contributed by atoms with E-state index in [1.807, 2.05) is 62.4 Å². The average Bonchev–Trinajstić information content (AvgIpc) is 3.20. The van der Waals surface area contributed by atoms with Gasteiger partial charge < -0.3 is 14.8 Å². The highest BCUT2D eigenvalue weighted by atomic mass is 35.5. The maximum Gasteiger partial charge on any atom is 0.338 e. The fourth-order valence-corrected chi connectivity index (χ4v) is 4.79. The Hall–Kier alpha value is -2.97. The summed E-state index contributed by atoms with van der Waals surface area (Å²) in [6, 6.07) is 14.9. The lowest BCUT2D eigenvalue weighted by Crippen LogP contribution is -2.29. The number of nitrogens with one attached hydrogen (secondary N) is 1. The molecule has 4 rings (SSSR count). The molecule has 1 aromatic heterocycles. The van der Waals surface area contributed by atoms with Gasteiger partial charge in [0.05, 0.1) is 18.8 Å². The summed E-state index contributed by atoms with van der Waals surface area (Å²) in [7, 11) is 0. The number of fused-ring (bicyclic) bond motifs is 1. The Morgan fingerprint density at radius 3 is 2.76 bits per heavy atom. The molecule has 9 heteroatoms. The lowest BCUT2D eigenvalue weighted by molar-refractivity contribution is -0.139. The van der Waals surface area contributed by atoms with Crippen LogP contribution >= 0.6 is 23.4 Å². The minimum Gasteiger partial charge on any atom is -0.494 e. The number of ether oxygens (including phenoxy) is 2. The van der Waals surface area contributed by atoms with E-state index in [4.69, 9.17) is 26.2 Å². The van der Waals surface area contributed by atoms with Crippen molar-refractivity contribution in [2.24, 2.45) is 0 Å². The molecule has 0 amide bonds. The van der Waals surface area contributed by atoms with E-state index in [0.717, 1.165) is 16.9 Å². The molecule has 2 heterocycles.